The van der Waals surface area contributed by atoms with E-state index >= 15 is 0 Å². The van der Waals surface area contributed by atoms with E-state index in [1.807, 2.05) is 67.6 Å². The predicted octanol–water partition coefficient (Wildman–Crippen LogP) is 5.19. The molecule has 2 atom stereocenters. The number of alkyl halides is 3. The number of benzene rings is 3. The third kappa shape index (κ3) is 4.48. The topological polar surface area (TPSA) is 67.2 Å². The Balaban J connectivity index is 1.60. The number of para-hydroxylation sites is 1. The lowest BCUT2D eigenvalue weighted by atomic mass is 9.82. The fraction of sp³-hybridized carbons (Fsp3) is 0.179. The Hall–Kier alpha value is -4.40. The minimum Gasteiger partial charge on any atom is -0.339 e. The highest BCUT2D eigenvalue weighted by atomic mass is 19.4. The molecule has 2 amide bonds. The zero-order valence-electron chi connectivity index (χ0n) is 19.8. The number of hydrogen-bond donors (Lipinski definition) is 1. The third-order valence-electron chi connectivity index (χ3n) is 6.44. The highest BCUT2D eigenvalue weighted by Gasteiger charge is 2.44. The number of likely N-dealkylation sites (N-methyl/N-ethyl adjacent to an activating group) is 1. The molecule has 0 bridgehead atoms. The molecule has 4 aromatic rings. The lowest BCUT2D eigenvalue weighted by molar-refractivity contribution is -0.137. The molecule has 1 aliphatic heterocycles. The van der Waals surface area contributed by atoms with Gasteiger partial charge in [0, 0.05) is 23.6 Å². The second-order valence-electron chi connectivity index (χ2n) is 8.67. The van der Waals surface area contributed by atoms with Crippen molar-refractivity contribution < 1.29 is 22.8 Å². The van der Waals surface area contributed by atoms with Crippen molar-refractivity contribution >= 4 is 17.6 Å². The number of rotatable bonds is 5. The van der Waals surface area contributed by atoms with Crippen LogP contribution in [0.2, 0.25) is 0 Å². The summed E-state index contributed by atoms with van der Waals surface area (Å²) in [6, 6.07) is 21.7. The second-order valence-corrected chi connectivity index (χ2v) is 8.67. The van der Waals surface area contributed by atoms with Crippen molar-refractivity contribution in [2.24, 2.45) is 0 Å². The highest BCUT2D eigenvalue weighted by Crippen LogP contribution is 2.41. The van der Waals surface area contributed by atoms with Crippen molar-refractivity contribution in [2.75, 3.05) is 11.4 Å². The van der Waals surface area contributed by atoms with Gasteiger partial charge in [-0.15, -0.1) is 0 Å². The highest BCUT2D eigenvalue weighted by molar-refractivity contribution is 6.05. The van der Waals surface area contributed by atoms with Crippen molar-refractivity contribution in [2.45, 2.75) is 25.1 Å². The van der Waals surface area contributed by atoms with E-state index in [4.69, 9.17) is 0 Å². The first-order chi connectivity index (χ1) is 17.8. The Labute approximate surface area is 211 Å². The zero-order valence-corrected chi connectivity index (χ0v) is 19.8. The fourth-order valence-electron chi connectivity index (χ4n) is 4.74. The van der Waals surface area contributed by atoms with E-state index in [-0.39, 0.29) is 11.5 Å². The fourth-order valence-corrected chi connectivity index (χ4v) is 4.74. The number of aromatic nitrogens is 2. The molecule has 1 aromatic heterocycles. The smallest absolute Gasteiger partial charge is 0.339 e. The Bertz CT molecular complexity index is 1430. The first-order valence-corrected chi connectivity index (χ1v) is 11.8. The van der Waals surface area contributed by atoms with Crippen LogP contribution in [0.4, 0.5) is 19.0 Å². The van der Waals surface area contributed by atoms with Gasteiger partial charge < -0.3 is 5.32 Å². The van der Waals surface area contributed by atoms with Crippen LogP contribution < -0.4 is 10.2 Å². The average molecular weight is 505 g/mol. The molecule has 2 heterocycles. The van der Waals surface area contributed by atoms with Gasteiger partial charge >= 0.3 is 6.18 Å². The minimum absolute atomic E-state index is 0.178. The molecule has 0 aliphatic carbocycles. The summed E-state index contributed by atoms with van der Waals surface area (Å²) in [6.45, 7) is 2.13. The van der Waals surface area contributed by atoms with Crippen molar-refractivity contribution in [3.05, 3.63) is 113 Å². The zero-order chi connectivity index (χ0) is 26.2. The standard InChI is InChI=1S/C28H23F3N4O2/c1-2-34-26-22(17-32-35(26)21-14-7-4-8-15-21)23(18-10-5-3-6-11-18)24(27(34)37)33-25(36)19-12-9-13-20(16-19)28(29,30)31/h3-17,23-24H,2H2,1H3,(H,33,36)/t23-,24+/m1/s1. The van der Waals surface area contributed by atoms with Crippen LogP contribution in [-0.2, 0) is 11.0 Å². The Morgan fingerprint density at radius 3 is 2.30 bits per heavy atom. The number of carbonyl (C=O) groups is 2. The van der Waals surface area contributed by atoms with Crippen molar-refractivity contribution in [3.63, 3.8) is 0 Å². The summed E-state index contributed by atoms with van der Waals surface area (Å²) in [5.41, 5.74) is 1.16. The lowest BCUT2D eigenvalue weighted by Crippen LogP contribution is -2.55. The van der Waals surface area contributed by atoms with E-state index in [1.165, 1.54) is 12.1 Å². The van der Waals surface area contributed by atoms with E-state index in [0.717, 1.165) is 28.9 Å². The molecule has 0 fully saturated rings. The molecule has 1 aliphatic rings. The summed E-state index contributed by atoms with van der Waals surface area (Å²) in [6.07, 6.45) is -2.91. The van der Waals surface area contributed by atoms with Crippen LogP contribution in [-0.4, -0.2) is 34.2 Å². The van der Waals surface area contributed by atoms with Crippen molar-refractivity contribution in [1.29, 1.82) is 0 Å². The van der Waals surface area contributed by atoms with E-state index < -0.39 is 29.6 Å². The number of halogens is 3. The second kappa shape index (κ2) is 9.57. The first kappa shape index (κ1) is 24.3. The molecule has 6 nitrogen and oxygen atoms in total. The molecule has 188 valence electrons. The van der Waals surface area contributed by atoms with Crippen LogP contribution in [0.1, 0.15) is 39.9 Å². The van der Waals surface area contributed by atoms with Gasteiger partial charge in [0.15, 0.2) is 0 Å². The summed E-state index contributed by atoms with van der Waals surface area (Å²) in [5.74, 6) is -1.14. The summed E-state index contributed by atoms with van der Waals surface area (Å²) >= 11 is 0. The van der Waals surface area contributed by atoms with Crippen molar-refractivity contribution in [3.8, 4) is 5.69 Å². The van der Waals surface area contributed by atoms with Crippen molar-refractivity contribution in [1.82, 2.24) is 15.1 Å². The summed E-state index contributed by atoms with van der Waals surface area (Å²) in [5, 5.41) is 7.30. The van der Waals surface area contributed by atoms with Gasteiger partial charge in [-0.1, -0.05) is 54.6 Å². The molecule has 0 radical (unpaired) electrons. The van der Waals surface area contributed by atoms with Crippen LogP contribution in [0.25, 0.3) is 5.69 Å². The molecule has 5 rings (SSSR count). The number of hydrogen-bond acceptors (Lipinski definition) is 3. The molecule has 0 saturated carbocycles. The van der Waals surface area contributed by atoms with E-state index in [1.54, 1.807) is 15.8 Å². The van der Waals surface area contributed by atoms with Crippen LogP contribution in [0.3, 0.4) is 0 Å². The van der Waals surface area contributed by atoms with Gasteiger partial charge in [0.2, 0.25) is 0 Å². The van der Waals surface area contributed by atoms with Crippen LogP contribution in [0.15, 0.2) is 91.1 Å². The minimum atomic E-state index is -4.59. The van der Waals surface area contributed by atoms with Gasteiger partial charge in [0.1, 0.15) is 11.9 Å². The summed E-state index contributed by atoms with van der Waals surface area (Å²) < 4.78 is 41.4. The largest absolute Gasteiger partial charge is 0.416 e. The van der Waals surface area contributed by atoms with Crippen LogP contribution in [0, 0.1) is 0 Å². The maximum Gasteiger partial charge on any atom is 0.416 e. The molecule has 3 aromatic carbocycles. The van der Waals surface area contributed by atoms with E-state index in [2.05, 4.69) is 10.4 Å². The predicted molar refractivity (Wildman–Crippen MR) is 133 cm³/mol. The average Bonchev–Trinajstić information content (AvgIpc) is 3.34. The van der Waals surface area contributed by atoms with Gasteiger partial charge in [-0.05, 0) is 42.8 Å². The third-order valence-corrected chi connectivity index (χ3v) is 6.44. The molecule has 0 saturated heterocycles. The Kier molecular flexibility index (Phi) is 6.29. The van der Waals surface area contributed by atoms with Gasteiger partial charge in [0.05, 0.1) is 17.4 Å². The molecule has 9 heteroatoms. The molecule has 37 heavy (non-hydrogen) atoms. The SMILES string of the molecule is CCN1C(=O)[C@@H](NC(=O)c2cccc(C(F)(F)F)c2)[C@H](c2ccccc2)c2cnn(-c3ccccc3)c21. The van der Waals surface area contributed by atoms with Gasteiger partial charge in [-0.2, -0.15) is 18.3 Å². The number of amides is 2. The van der Waals surface area contributed by atoms with Gasteiger partial charge in [-0.25, -0.2) is 4.68 Å². The number of nitrogens with zero attached hydrogens (tertiary/aromatic N) is 3. The van der Waals surface area contributed by atoms with E-state index in [9.17, 15) is 22.8 Å². The number of nitrogens with one attached hydrogen (secondary N) is 1. The van der Waals surface area contributed by atoms with Crippen LogP contribution >= 0.6 is 0 Å². The maximum absolute atomic E-state index is 13.9. The van der Waals surface area contributed by atoms with Gasteiger partial charge in [-0.3, -0.25) is 14.5 Å². The number of fused-ring (bicyclic) bond motifs is 1. The number of carbonyl (C=O) groups excluding carboxylic acids is 2. The molecule has 0 unspecified atom stereocenters. The molecule has 0 spiro atoms. The van der Waals surface area contributed by atoms with Crippen LogP contribution in [0.5, 0.6) is 0 Å². The van der Waals surface area contributed by atoms with E-state index in [0.29, 0.717) is 12.4 Å². The maximum atomic E-state index is 13.9. The summed E-state index contributed by atoms with van der Waals surface area (Å²) in [7, 11) is 0. The van der Waals surface area contributed by atoms with Gasteiger partial charge in [0.25, 0.3) is 11.8 Å². The molecular formula is C28H23F3N4O2. The Morgan fingerprint density at radius 2 is 1.65 bits per heavy atom. The Morgan fingerprint density at radius 1 is 0.973 bits per heavy atom. The lowest BCUT2D eigenvalue weighted by Gasteiger charge is -2.38. The summed E-state index contributed by atoms with van der Waals surface area (Å²) in [4.78, 5) is 28.6. The normalized spacial score (nSPS) is 17.4. The quantitative estimate of drug-likeness (QED) is 0.407. The monoisotopic (exact) mass is 504 g/mol. The molecule has 1 N–H and O–H groups in total. The first-order valence-electron chi connectivity index (χ1n) is 11.8. The molecular weight excluding hydrogens is 481 g/mol. The number of anilines is 1.